The lowest BCUT2D eigenvalue weighted by Crippen LogP contribution is -2.47. The third kappa shape index (κ3) is 5.27. The van der Waals surface area contributed by atoms with Gasteiger partial charge in [-0.25, -0.2) is 15.0 Å². The first-order valence-corrected chi connectivity index (χ1v) is 9.02. The van der Waals surface area contributed by atoms with E-state index in [1.54, 1.807) is 31.2 Å². The van der Waals surface area contributed by atoms with Crippen molar-refractivity contribution in [2.45, 2.75) is 25.1 Å². The molecule has 9 nitrogen and oxygen atoms in total. The molecule has 2 amide bonds. The van der Waals surface area contributed by atoms with Crippen LogP contribution in [0.3, 0.4) is 0 Å². The first-order valence-electron chi connectivity index (χ1n) is 9.02. The number of benzene rings is 1. The maximum atomic E-state index is 12.4. The van der Waals surface area contributed by atoms with Crippen LogP contribution in [0.5, 0.6) is 5.88 Å². The lowest BCUT2D eigenvalue weighted by molar-refractivity contribution is -0.154. The zero-order chi connectivity index (χ0) is 22.8. The van der Waals surface area contributed by atoms with Crippen LogP contribution < -0.4 is 15.8 Å². The number of rotatable bonds is 5. The van der Waals surface area contributed by atoms with Crippen molar-refractivity contribution in [3.05, 3.63) is 47.9 Å². The summed E-state index contributed by atoms with van der Waals surface area (Å²) < 4.78 is 41.0. The average Bonchev–Trinajstić information content (AvgIpc) is 2.70. The highest BCUT2D eigenvalue weighted by Gasteiger charge is 2.36. The molecule has 2 heterocycles. The van der Waals surface area contributed by atoms with Crippen molar-refractivity contribution in [2.75, 3.05) is 19.0 Å². The van der Waals surface area contributed by atoms with Crippen molar-refractivity contribution < 1.29 is 27.5 Å². The molecule has 1 unspecified atom stereocenters. The first kappa shape index (κ1) is 22.0. The second-order valence-corrected chi connectivity index (χ2v) is 7.05. The fourth-order valence-corrected chi connectivity index (χ4v) is 2.87. The minimum atomic E-state index is -4.51. The number of carbonyl (C=O) groups excluding carboxylic acids is 2. The predicted octanol–water partition coefficient (Wildman–Crippen LogP) is 2.06. The predicted molar refractivity (Wildman–Crippen MR) is 104 cm³/mol. The van der Waals surface area contributed by atoms with Crippen molar-refractivity contribution in [3.63, 3.8) is 0 Å². The largest absolute Gasteiger partial charge is 0.467 e. The van der Waals surface area contributed by atoms with Crippen LogP contribution >= 0.6 is 0 Å². The Labute approximate surface area is 175 Å². The number of nitrogens with two attached hydrogens (primary N) is 1. The van der Waals surface area contributed by atoms with Gasteiger partial charge in [-0.2, -0.15) is 13.2 Å². The fourth-order valence-electron chi connectivity index (χ4n) is 2.87. The van der Waals surface area contributed by atoms with E-state index in [2.05, 4.69) is 25.0 Å². The summed E-state index contributed by atoms with van der Waals surface area (Å²) in [5.74, 6) is -1.07. The molecule has 0 radical (unpaired) electrons. The Balaban J connectivity index is 1.72. The van der Waals surface area contributed by atoms with E-state index in [-0.39, 0.29) is 29.9 Å². The minimum Gasteiger partial charge on any atom is -0.467 e. The number of ether oxygens (including phenoxy) is 1. The normalized spacial score (nSPS) is 19.1. The number of alkyl halides is 3. The van der Waals surface area contributed by atoms with Crippen LogP contribution in [0, 0.1) is 0 Å². The quantitative estimate of drug-likeness (QED) is 0.740. The van der Waals surface area contributed by atoms with E-state index in [9.17, 15) is 22.8 Å². The number of halogens is 3. The number of carbonyl (C=O) groups is 2. The number of anilines is 1. The Morgan fingerprint density at radius 2 is 2.06 bits per heavy atom. The number of aliphatic imine (C=N–C) groups is 1. The van der Waals surface area contributed by atoms with Gasteiger partial charge in [0.1, 0.15) is 5.69 Å². The van der Waals surface area contributed by atoms with E-state index in [0.717, 1.165) is 12.4 Å². The highest BCUT2D eigenvalue weighted by atomic mass is 19.4. The van der Waals surface area contributed by atoms with Crippen LogP contribution in [0.15, 0.2) is 41.7 Å². The van der Waals surface area contributed by atoms with Gasteiger partial charge in [-0.05, 0) is 24.6 Å². The third-order valence-electron chi connectivity index (χ3n) is 4.56. The zero-order valence-electron chi connectivity index (χ0n) is 16.6. The molecular weight excluding hydrogens is 417 g/mol. The molecule has 0 bridgehead atoms. The summed E-state index contributed by atoms with van der Waals surface area (Å²) in [5.41, 5.74) is 5.89. The highest BCUT2D eigenvalue weighted by molar-refractivity contribution is 6.03. The van der Waals surface area contributed by atoms with E-state index < -0.39 is 24.2 Å². The van der Waals surface area contributed by atoms with Crippen molar-refractivity contribution >= 4 is 23.5 Å². The maximum Gasteiger partial charge on any atom is 0.422 e. The SMILES string of the molecule is CN1C(=O)CC(C)(c2cccc(NC(=O)c3cnc(OCC(F)(F)F)cn3)c2)N=C1N. The van der Waals surface area contributed by atoms with Crippen LogP contribution in [0.25, 0.3) is 0 Å². The van der Waals surface area contributed by atoms with E-state index in [1.807, 2.05) is 0 Å². The summed E-state index contributed by atoms with van der Waals surface area (Å²) in [5, 5.41) is 2.62. The summed E-state index contributed by atoms with van der Waals surface area (Å²) in [6.07, 6.45) is -2.47. The molecule has 1 aliphatic heterocycles. The van der Waals surface area contributed by atoms with E-state index in [1.165, 1.54) is 11.9 Å². The molecule has 0 fully saturated rings. The molecule has 3 rings (SSSR count). The van der Waals surface area contributed by atoms with E-state index in [4.69, 9.17) is 5.73 Å². The Morgan fingerprint density at radius 1 is 1.32 bits per heavy atom. The first-order chi connectivity index (χ1) is 14.5. The zero-order valence-corrected chi connectivity index (χ0v) is 16.6. The standard InChI is InChI=1S/C19H19F3N6O3/c1-18(7-15(29)28(2)17(23)27-18)11-4-3-5-12(6-11)26-16(30)13-8-25-14(9-24-13)31-10-19(20,21)22/h3-6,8-9H,7,10H2,1-2H3,(H2,23,27)(H,26,30). The molecule has 164 valence electrons. The molecule has 0 saturated carbocycles. The molecule has 1 aromatic carbocycles. The summed E-state index contributed by atoms with van der Waals surface area (Å²) >= 11 is 0. The van der Waals surface area contributed by atoms with Crippen LogP contribution in [0.2, 0.25) is 0 Å². The summed E-state index contributed by atoms with van der Waals surface area (Å²) in [7, 11) is 1.54. The summed E-state index contributed by atoms with van der Waals surface area (Å²) in [4.78, 5) is 37.7. The topological polar surface area (TPSA) is 123 Å². The van der Waals surface area contributed by atoms with Gasteiger partial charge in [0.05, 0.1) is 24.4 Å². The van der Waals surface area contributed by atoms with E-state index >= 15 is 0 Å². The van der Waals surface area contributed by atoms with Gasteiger partial charge in [-0.3, -0.25) is 14.5 Å². The van der Waals surface area contributed by atoms with Crippen molar-refractivity contribution in [2.24, 2.45) is 10.7 Å². The number of hydrogen-bond donors (Lipinski definition) is 2. The molecule has 31 heavy (non-hydrogen) atoms. The number of aromatic nitrogens is 2. The van der Waals surface area contributed by atoms with Crippen molar-refractivity contribution in [1.82, 2.24) is 14.9 Å². The average molecular weight is 436 g/mol. The third-order valence-corrected chi connectivity index (χ3v) is 4.56. The van der Waals surface area contributed by atoms with Crippen LogP contribution in [0.1, 0.15) is 29.4 Å². The molecule has 1 aliphatic rings. The molecule has 0 spiro atoms. The lowest BCUT2D eigenvalue weighted by atomic mass is 9.87. The summed E-state index contributed by atoms with van der Waals surface area (Å²) in [6, 6.07) is 6.73. The highest BCUT2D eigenvalue weighted by Crippen LogP contribution is 2.34. The van der Waals surface area contributed by atoms with Crippen molar-refractivity contribution in [1.29, 1.82) is 0 Å². The van der Waals surface area contributed by atoms with Gasteiger partial charge < -0.3 is 15.8 Å². The Bertz CT molecular complexity index is 1030. The van der Waals surface area contributed by atoms with Gasteiger partial charge in [0, 0.05) is 12.7 Å². The van der Waals surface area contributed by atoms with Crippen LogP contribution in [-0.2, 0) is 10.3 Å². The van der Waals surface area contributed by atoms with Gasteiger partial charge in [0.2, 0.25) is 11.8 Å². The molecule has 1 atom stereocenters. The Morgan fingerprint density at radius 3 is 2.68 bits per heavy atom. The Hall–Kier alpha value is -3.70. The molecule has 0 saturated heterocycles. The second-order valence-electron chi connectivity index (χ2n) is 7.05. The van der Waals surface area contributed by atoms with Gasteiger partial charge in [0.25, 0.3) is 5.91 Å². The molecule has 0 aliphatic carbocycles. The van der Waals surface area contributed by atoms with Gasteiger partial charge >= 0.3 is 6.18 Å². The number of nitrogens with one attached hydrogen (secondary N) is 1. The van der Waals surface area contributed by atoms with Crippen LogP contribution in [-0.4, -0.2) is 52.5 Å². The maximum absolute atomic E-state index is 12.4. The second kappa shape index (κ2) is 8.20. The number of nitrogens with zero attached hydrogens (tertiary/aromatic N) is 4. The van der Waals surface area contributed by atoms with Gasteiger partial charge in [-0.1, -0.05) is 12.1 Å². The monoisotopic (exact) mass is 436 g/mol. The summed E-state index contributed by atoms with van der Waals surface area (Å²) in [6.45, 7) is 0.251. The number of amides is 2. The van der Waals surface area contributed by atoms with Gasteiger partial charge in [0.15, 0.2) is 12.6 Å². The van der Waals surface area contributed by atoms with Gasteiger partial charge in [-0.15, -0.1) is 0 Å². The van der Waals surface area contributed by atoms with Crippen LogP contribution in [0.4, 0.5) is 18.9 Å². The van der Waals surface area contributed by atoms with Crippen molar-refractivity contribution in [3.8, 4) is 5.88 Å². The number of hydrogen-bond acceptors (Lipinski definition) is 7. The van der Waals surface area contributed by atoms with E-state index in [0.29, 0.717) is 11.3 Å². The fraction of sp³-hybridized carbons (Fsp3) is 0.316. The number of guanidine groups is 1. The molecule has 1 aromatic heterocycles. The lowest BCUT2D eigenvalue weighted by Gasteiger charge is -2.33. The molecule has 3 N–H and O–H groups in total. The molecular formula is C19H19F3N6O3. The molecule has 2 aromatic rings. The smallest absolute Gasteiger partial charge is 0.422 e. The Kier molecular flexibility index (Phi) is 5.82. The minimum absolute atomic E-state index is 0.0938. The molecule has 12 heteroatoms.